The average Bonchev–Trinajstić information content (AvgIpc) is 1.92. The molecule has 1 rings (SSSR count). The number of carbonyl (C=O) groups excluding carboxylic acids is 1. The lowest BCUT2D eigenvalue weighted by atomic mass is 9.89. The molecule has 12 heavy (non-hydrogen) atoms. The monoisotopic (exact) mass is 184 g/mol. The molecule has 0 aromatic rings. The highest BCUT2D eigenvalue weighted by atomic mass is 28.3. The summed E-state index contributed by atoms with van der Waals surface area (Å²) in [5, 5.41) is 0. The Bertz CT molecular complexity index is 181. The van der Waals surface area contributed by atoms with Crippen LogP contribution >= 0.6 is 0 Å². The van der Waals surface area contributed by atoms with E-state index in [4.69, 9.17) is 0 Å². The Balaban J connectivity index is 2.57. The maximum absolute atomic E-state index is 11.5. The third kappa shape index (κ3) is 2.19. The molecule has 70 valence electrons. The van der Waals surface area contributed by atoms with E-state index in [1.807, 2.05) is 0 Å². The van der Waals surface area contributed by atoms with E-state index in [0.29, 0.717) is 11.7 Å². The number of ketones is 1. The van der Waals surface area contributed by atoms with Crippen molar-refractivity contribution in [1.29, 1.82) is 0 Å². The molecule has 0 heterocycles. The second-order valence-corrected chi connectivity index (χ2v) is 10.8. The average molecular weight is 184 g/mol. The molecule has 2 atom stereocenters. The van der Waals surface area contributed by atoms with E-state index >= 15 is 0 Å². The molecule has 2 heteroatoms. The van der Waals surface area contributed by atoms with E-state index in [0.717, 1.165) is 18.4 Å². The van der Waals surface area contributed by atoms with Crippen molar-refractivity contribution in [2.75, 3.05) is 0 Å². The fraction of sp³-hybridized carbons (Fsp3) is 0.900. The number of hydrogen-bond donors (Lipinski definition) is 0. The van der Waals surface area contributed by atoms with Gasteiger partial charge in [-0.05, 0) is 12.0 Å². The molecule has 0 saturated heterocycles. The highest BCUT2D eigenvalue weighted by Gasteiger charge is 2.33. The van der Waals surface area contributed by atoms with Crippen LogP contribution in [0.5, 0.6) is 0 Å². The molecule has 1 aliphatic rings. The first kappa shape index (κ1) is 9.97. The molecule has 0 spiro atoms. The number of carbonyl (C=O) groups is 1. The molecule has 0 bridgehead atoms. The van der Waals surface area contributed by atoms with Gasteiger partial charge in [0.25, 0.3) is 0 Å². The first-order chi connectivity index (χ1) is 5.41. The highest BCUT2D eigenvalue weighted by molar-refractivity contribution is 6.77. The molecule has 0 aliphatic heterocycles. The summed E-state index contributed by atoms with van der Waals surface area (Å²) < 4.78 is 0. The first-order valence-electron chi connectivity index (χ1n) is 4.94. The zero-order valence-electron chi connectivity index (χ0n) is 8.68. The largest absolute Gasteiger partial charge is 0.299 e. The van der Waals surface area contributed by atoms with E-state index in [9.17, 15) is 4.79 Å². The Labute approximate surface area is 76.6 Å². The zero-order chi connectivity index (χ0) is 9.35. The first-order valence-corrected chi connectivity index (χ1v) is 8.51. The smallest absolute Gasteiger partial charge is 0.135 e. The van der Waals surface area contributed by atoms with Crippen LogP contribution in [-0.4, -0.2) is 13.9 Å². The van der Waals surface area contributed by atoms with Gasteiger partial charge in [-0.3, -0.25) is 4.79 Å². The van der Waals surface area contributed by atoms with Gasteiger partial charge in [0.05, 0.1) is 0 Å². The van der Waals surface area contributed by atoms with Crippen molar-refractivity contribution in [1.82, 2.24) is 0 Å². The van der Waals surface area contributed by atoms with E-state index < -0.39 is 8.07 Å². The van der Waals surface area contributed by atoms with Gasteiger partial charge < -0.3 is 0 Å². The standard InChI is InChI=1S/C10H20OSi/c1-8-5-6-9(7-10(8)11)12(2,3)4/h8-9H,5-7H2,1-4H3/t8-,9-/m1/s1. The maximum atomic E-state index is 11.5. The Morgan fingerprint density at radius 2 is 1.83 bits per heavy atom. The van der Waals surface area contributed by atoms with E-state index in [1.165, 1.54) is 6.42 Å². The molecule has 0 unspecified atom stereocenters. The van der Waals surface area contributed by atoms with Crippen molar-refractivity contribution in [2.45, 2.75) is 51.4 Å². The number of rotatable bonds is 1. The summed E-state index contributed by atoms with van der Waals surface area (Å²) in [5.41, 5.74) is 0.751. The van der Waals surface area contributed by atoms with Gasteiger partial charge in [-0.1, -0.05) is 33.0 Å². The minimum absolute atomic E-state index is 0.345. The Hall–Kier alpha value is -0.113. The summed E-state index contributed by atoms with van der Waals surface area (Å²) in [6.07, 6.45) is 3.30. The summed E-state index contributed by atoms with van der Waals surface area (Å²) in [6.45, 7) is 9.20. The zero-order valence-corrected chi connectivity index (χ0v) is 9.68. The van der Waals surface area contributed by atoms with E-state index in [-0.39, 0.29) is 0 Å². The lowest BCUT2D eigenvalue weighted by Gasteiger charge is -2.33. The predicted octanol–water partition coefficient (Wildman–Crippen LogP) is 3.08. The molecule has 1 saturated carbocycles. The van der Waals surface area contributed by atoms with Crippen LogP contribution in [0.3, 0.4) is 0 Å². The second-order valence-electron chi connectivity index (χ2n) is 5.21. The van der Waals surface area contributed by atoms with Crippen LogP contribution in [0.4, 0.5) is 0 Å². The van der Waals surface area contributed by atoms with E-state index in [1.54, 1.807) is 0 Å². The van der Waals surface area contributed by atoms with Crippen molar-refractivity contribution in [3.05, 3.63) is 0 Å². The highest BCUT2D eigenvalue weighted by Crippen LogP contribution is 2.37. The van der Waals surface area contributed by atoms with Gasteiger partial charge in [-0.25, -0.2) is 0 Å². The summed E-state index contributed by atoms with van der Waals surface area (Å²) in [4.78, 5) is 11.5. The minimum Gasteiger partial charge on any atom is -0.299 e. The SMILES string of the molecule is C[C@@H]1CC[C@@H]([Si](C)(C)C)CC1=O. The fourth-order valence-corrected chi connectivity index (χ4v) is 3.74. The predicted molar refractivity (Wildman–Crippen MR) is 55.1 cm³/mol. The Morgan fingerprint density at radius 3 is 2.25 bits per heavy atom. The third-order valence-electron chi connectivity index (χ3n) is 3.17. The van der Waals surface area contributed by atoms with Crippen LogP contribution in [0.2, 0.25) is 25.2 Å². The summed E-state index contributed by atoms with van der Waals surface area (Å²) >= 11 is 0. The lowest BCUT2D eigenvalue weighted by molar-refractivity contribution is -0.123. The molecule has 1 nitrogen and oxygen atoms in total. The lowest BCUT2D eigenvalue weighted by Crippen LogP contribution is -2.34. The van der Waals surface area contributed by atoms with Gasteiger partial charge in [0, 0.05) is 20.4 Å². The molecule has 1 aliphatic carbocycles. The van der Waals surface area contributed by atoms with Crippen molar-refractivity contribution in [2.24, 2.45) is 5.92 Å². The fourth-order valence-electron chi connectivity index (χ4n) is 1.90. The van der Waals surface area contributed by atoms with Gasteiger partial charge in [-0.15, -0.1) is 0 Å². The van der Waals surface area contributed by atoms with Crippen molar-refractivity contribution < 1.29 is 4.79 Å². The molecular formula is C10H20OSi. The van der Waals surface area contributed by atoms with Crippen LogP contribution in [0.1, 0.15) is 26.2 Å². The van der Waals surface area contributed by atoms with Crippen molar-refractivity contribution >= 4 is 13.9 Å². The Morgan fingerprint density at radius 1 is 1.25 bits per heavy atom. The summed E-state index contributed by atoms with van der Waals surface area (Å²) in [7, 11) is -1.05. The molecule has 0 aromatic carbocycles. The molecule has 0 N–H and O–H groups in total. The summed E-state index contributed by atoms with van der Waals surface area (Å²) in [6, 6.07) is 0. The second kappa shape index (κ2) is 3.33. The minimum atomic E-state index is -1.05. The van der Waals surface area contributed by atoms with Gasteiger partial charge >= 0.3 is 0 Å². The van der Waals surface area contributed by atoms with Crippen molar-refractivity contribution in [3.63, 3.8) is 0 Å². The van der Waals surface area contributed by atoms with Crippen LogP contribution in [-0.2, 0) is 4.79 Å². The molecule has 1 fully saturated rings. The summed E-state index contributed by atoms with van der Waals surface area (Å²) in [5.74, 6) is 0.853. The third-order valence-corrected chi connectivity index (χ3v) is 6.11. The molecule has 0 radical (unpaired) electrons. The van der Waals surface area contributed by atoms with Gasteiger partial charge in [0.15, 0.2) is 0 Å². The van der Waals surface area contributed by atoms with Crippen LogP contribution in [0.25, 0.3) is 0 Å². The Kier molecular flexibility index (Phi) is 2.76. The molecule has 0 aromatic heterocycles. The number of hydrogen-bond acceptors (Lipinski definition) is 1. The topological polar surface area (TPSA) is 17.1 Å². The molecular weight excluding hydrogens is 164 g/mol. The number of Topliss-reactive ketones (excluding diaryl/α,β-unsaturated/α-hetero) is 1. The van der Waals surface area contributed by atoms with Crippen molar-refractivity contribution in [3.8, 4) is 0 Å². The van der Waals surface area contributed by atoms with Gasteiger partial charge in [0.1, 0.15) is 5.78 Å². The quantitative estimate of drug-likeness (QED) is 0.572. The van der Waals surface area contributed by atoms with Gasteiger partial charge in [0.2, 0.25) is 0 Å². The normalized spacial score (nSPS) is 32.2. The van der Waals surface area contributed by atoms with E-state index in [2.05, 4.69) is 26.6 Å². The maximum Gasteiger partial charge on any atom is 0.135 e. The molecule has 0 amide bonds. The van der Waals surface area contributed by atoms with Crippen LogP contribution in [0, 0.1) is 5.92 Å². The van der Waals surface area contributed by atoms with Gasteiger partial charge in [-0.2, -0.15) is 0 Å². The van der Waals surface area contributed by atoms with Crippen LogP contribution < -0.4 is 0 Å². The van der Waals surface area contributed by atoms with Crippen LogP contribution in [0.15, 0.2) is 0 Å².